The number of fused-ring (bicyclic) bond motifs is 1. The highest BCUT2D eigenvalue weighted by molar-refractivity contribution is 6.06. The van der Waals surface area contributed by atoms with Crippen molar-refractivity contribution in [2.75, 3.05) is 31.1 Å². The second-order valence-corrected chi connectivity index (χ2v) is 8.24. The molecular weight excluding hydrogens is 378 g/mol. The summed E-state index contributed by atoms with van der Waals surface area (Å²) in [5.41, 5.74) is 0.869. The van der Waals surface area contributed by atoms with Crippen molar-refractivity contribution in [1.29, 1.82) is 0 Å². The fraction of sp³-hybridized carbons (Fsp3) is 0.458. The average Bonchev–Trinajstić information content (AvgIpc) is 3.03. The van der Waals surface area contributed by atoms with Gasteiger partial charge in [-0.15, -0.1) is 0 Å². The van der Waals surface area contributed by atoms with Gasteiger partial charge in [0.25, 0.3) is 0 Å². The van der Waals surface area contributed by atoms with Gasteiger partial charge in [-0.1, -0.05) is 42.8 Å². The molecule has 2 fully saturated rings. The maximum atomic E-state index is 12.6. The Morgan fingerprint density at radius 2 is 1.83 bits per heavy atom. The second-order valence-electron chi connectivity index (χ2n) is 8.24. The van der Waals surface area contributed by atoms with Gasteiger partial charge >= 0.3 is 0 Å². The van der Waals surface area contributed by atoms with E-state index in [9.17, 15) is 14.4 Å². The number of rotatable bonds is 6. The van der Waals surface area contributed by atoms with Gasteiger partial charge in [0, 0.05) is 44.4 Å². The number of benzene rings is 2. The van der Waals surface area contributed by atoms with E-state index in [1.807, 2.05) is 47.4 Å². The average molecular weight is 408 g/mol. The Hall–Kier alpha value is -2.89. The van der Waals surface area contributed by atoms with Crippen molar-refractivity contribution in [3.8, 4) is 0 Å². The Morgan fingerprint density at radius 3 is 2.73 bits per heavy atom. The first-order chi connectivity index (χ1) is 14.6. The van der Waals surface area contributed by atoms with Crippen molar-refractivity contribution < 1.29 is 14.4 Å². The summed E-state index contributed by atoms with van der Waals surface area (Å²) in [5, 5.41) is 5.08. The topological polar surface area (TPSA) is 69.7 Å². The van der Waals surface area contributed by atoms with Crippen molar-refractivity contribution >= 4 is 34.2 Å². The summed E-state index contributed by atoms with van der Waals surface area (Å²) < 4.78 is 0. The lowest BCUT2D eigenvalue weighted by Gasteiger charge is -2.21. The van der Waals surface area contributed by atoms with Crippen molar-refractivity contribution in [3.05, 3.63) is 42.5 Å². The molecule has 6 heteroatoms. The highest BCUT2D eigenvalue weighted by Gasteiger charge is 2.35. The molecule has 2 saturated heterocycles. The molecule has 0 aromatic heterocycles. The van der Waals surface area contributed by atoms with Crippen LogP contribution in [-0.4, -0.2) is 48.8 Å². The molecule has 2 aromatic rings. The molecule has 0 bridgehead atoms. The molecule has 3 amide bonds. The zero-order valence-electron chi connectivity index (χ0n) is 17.3. The first kappa shape index (κ1) is 20.4. The van der Waals surface area contributed by atoms with Crippen molar-refractivity contribution in [2.24, 2.45) is 5.92 Å². The van der Waals surface area contributed by atoms with Crippen LogP contribution in [0.25, 0.3) is 10.8 Å². The standard InChI is InChI=1S/C24H29N3O3/c28-22-12-2-1-5-14-26(22)15-7-13-25-24(30)19-16-23(29)27(17-19)21-11-6-9-18-8-3-4-10-20(18)21/h3-4,6,8-11,19H,1-2,5,7,12-17H2,(H,25,30). The quantitative estimate of drug-likeness (QED) is 0.748. The smallest absolute Gasteiger partial charge is 0.227 e. The van der Waals surface area contributed by atoms with E-state index in [-0.39, 0.29) is 30.1 Å². The van der Waals surface area contributed by atoms with Gasteiger partial charge in [0.1, 0.15) is 0 Å². The van der Waals surface area contributed by atoms with Gasteiger partial charge in [0.2, 0.25) is 17.7 Å². The van der Waals surface area contributed by atoms with Crippen LogP contribution in [0.15, 0.2) is 42.5 Å². The molecule has 30 heavy (non-hydrogen) atoms. The fourth-order valence-corrected chi connectivity index (χ4v) is 4.46. The van der Waals surface area contributed by atoms with Crippen LogP contribution in [0, 0.1) is 5.92 Å². The first-order valence-corrected chi connectivity index (χ1v) is 11.0. The molecule has 2 aliphatic heterocycles. The minimum atomic E-state index is -0.337. The van der Waals surface area contributed by atoms with E-state index in [1.165, 1.54) is 0 Å². The summed E-state index contributed by atoms with van der Waals surface area (Å²) in [6.45, 7) is 2.44. The Kier molecular flexibility index (Phi) is 6.31. The maximum absolute atomic E-state index is 12.6. The lowest BCUT2D eigenvalue weighted by Crippen LogP contribution is -2.36. The van der Waals surface area contributed by atoms with Crippen LogP contribution >= 0.6 is 0 Å². The number of nitrogens with one attached hydrogen (secondary N) is 1. The van der Waals surface area contributed by atoms with Gasteiger partial charge in [0.15, 0.2) is 0 Å². The minimum absolute atomic E-state index is 0.0123. The number of carbonyl (C=O) groups is 3. The van der Waals surface area contributed by atoms with Gasteiger partial charge in [-0.05, 0) is 30.7 Å². The summed E-state index contributed by atoms with van der Waals surface area (Å²) in [4.78, 5) is 41.0. The van der Waals surface area contributed by atoms with E-state index in [4.69, 9.17) is 0 Å². The zero-order valence-corrected chi connectivity index (χ0v) is 17.3. The molecule has 2 aliphatic rings. The van der Waals surface area contributed by atoms with E-state index in [0.717, 1.165) is 48.7 Å². The molecule has 6 nitrogen and oxygen atoms in total. The number of likely N-dealkylation sites (tertiary alicyclic amines) is 1. The van der Waals surface area contributed by atoms with Gasteiger partial charge in [-0.25, -0.2) is 0 Å². The van der Waals surface area contributed by atoms with Crippen LogP contribution in [0.3, 0.4) is 0 Å². The Morgan fingerprint density at radius 1 is 1.00 bits per heavy atom. The Balaban J connectivity index is 1.30. The number of carbonyl (C=O) groups excluding carboxylic acids is 3. The Labute approximate surface area is 177 Å². The van der Waals surface area contributed by atoms with Gasteiger partial charge < -0.3 is 15.1 Å². The molecule has 2 heterocycles. The number of hydrogen-bond acceptors (Lipinski definition) is 3. The molecule has 4 rings (SSSR count). The third-order valence-corrected chi connectivity index (χ3v) is 6.13. The number of anilines is 1. The predicted molar refractivity (Wildman–Crippen MR) is 117 cm³/mol. The van der Waals surface area contributed by atoms with Gasteiger partial charge in [-0.2, -0.15) is 0 Å². The van der Waals surface area contributed by atoms with Crippen LogP contribution in [-0.2, 0) is 14.4 Å². The lowest BCUT2D eigenvalue weighted by atomic mass is 10.1. The molecule has 0 aliphatic carbocycles. The summed E-state index contributed by atoms with van der Waals surface area (Å²) in [6.07, 6.45) is 4.77. The van der Waals surface area contributed by atoms with Crippen LogP contribution in [0.5, 0.6) is 0 Å². The van der Waals surface area contributed by atoms with Crippen LogP contribution in [0.2, 0.25) is 0 Å². The predicted octanol–water partition coefficient (Wildman–Crippen LogP) is 3.10. The fourth-order valence-electron chi connectivity index (χ4n) is 4.46. The van der Waals surface area contributed by atoms with Crippen molar-refractivity contribution in [1.82, 2.24) is 10.2 Å². The van der Waals surface area contributed by atoms with Gasteiger partial charge in [-0.3, -0.25) is 14.4 Å². The van der Waals surface area contributed by atoms with E-state index in [2.05, 4.69) is 5.32 Å². The van der Waals surface area contributed by atoms with Crippen molar-refractivity contribution in [2.45, 2.75) is 38.5 Å². The molecule has 2 aromatic carbocycles. The number of amides is 3. The number of hydrogen-bond donors (Lipinski definition) is 1. The van der Waals surface area contributed by atoms with Crippen LogP contribution in [0.4, 0.5) is 5.69 Å². The van der Waals surface area contributed by atoms with E-state index in [0.29, 0.717) is 26.1 Å². The van der Waals surface area contributed by atoms with E-state index >= 15 is 0 Å². The minimum Gasteiger partial charge on any atom is -0.356 e. The first-order valence-electron chi connectivity index (χ1n) is 11.0. The molecule has 158 valence electrons. The normalized spacial score (nSPS) is 19.9. The zero-order chi connectivity index (χ0) is 20.9. The highest BCUT2D eigenvalue weighted by atomic mass is 16.2. The molecule has 0 spiro atoms. The largest absolute Gasteiger partial charge is 0.356 e. The van der Waals surface area contributed by atoms with E-state index in [1.54, 1.807) is 4.90 Å². The summed E-state index contributed by atoms with van der Waals surface area (Å²) in [7, 11) is 0. The maximum Gasteiger partial charge on any atom is 0.227 e. The highest BCUT2D eigenvalue weighted by Crippen LogP contribution is 2.31. The second kappa shape index (κ2) is 9.28. The van der Waals surface area contributed by atoms with Crippen LogP contribution < -0.4 is 10.2 Å². The SMILES string of the molecule is O=C(NCCCN1CCCCCC1=O)C1CC(=O)N(c2cccc3ccccc23)C1. The third-order valence-electron chi connectivity index (χ3n) is 6.13. The monoisotopic (exact) mass is 407 g/mol. The van der Waals surface area contributed by atoms with E-state index < -0.39 is 0 Å². The molecule has 0 saturated carbocycles. The Bertz CT molecular complexity index is 937. The van der Waals surface area contributed by atoms with Gasteiger partial charge in [0.05, 0.1) is 11.6 Å². The molecule has 1 N–H and O–H groups in total. The van der Waals surface area contributed by atoms with Crippen LogP contribution in [0.1, 0.15) is 38.5 Å². The molecule has 1 unspecified atom stereocenters. The molecule has 0 radical (unpaired) electrons. The molecule has 1 atom stereocenters. The van der Waals surface area contributed by atoms with Crippen molar-refractivity contribution in [3.63, 3.8) is 0 Å². The third kappa shape index (κ3) is 4.48. The molecular formula is C24H29N3O3. The summed E-state index contributed by atoms with van der Waals surface area (Å²) >= 11 is 0. The summed E-state index contributed by atoms with van der Waals surface area (Å²) in [5.74, 6) is -0.197. The number of nitrogens with zero attached hydrogens (tertiary/aromatic N) is 2. The summed E-state index contributed by atoms with van der Waals surface area (Å²) in [6, 6.07) is 13.9. The lowest BCUT2D eigenvalue weighted by molar-refractivity contribution is -0.130.